The summed E-state index contributed by atoms with van der Waals surface area (Å²) in [5.41, 5.74) is -0.709. The molecule has 0 aliphatic rings. The summed E-state index contributed by atoms with van der Waals surface area (Å²) in [7, 11) is 0. The fourth-order valence-electron chi connectivity index (χ4n) is 1.97. The van der Waals surface area contributed by atoms with Gasteiger partial charge in [0.1, 0.15) is 17.0 Å². The van der Waals surface area contributed by atoms with Gasteiger partial charge in [0.2, 0.25) is 0 Å². The highest BCUT2D eigenvalue weighted by molar-refractivity contribution is 5.92. The molecule has 0 saturated heterocycles. The summed E-state index contributed by atoms with van der Waals surface area (Å²) in [4.78, 5) is 27.6. The van der Waals surface area contributed by atoms with E-state index in [0.29, 0.717) is 16.8 Å². The highest BCUT2D eigenvalue weighted by Crippen LogP contribution is 2.15. The first-order valence-corrected chi connectivity index (χ1v) is 5.75. The van der Waals surface area contributed by atoms with Crippen LogP contribution in [0.3, 0.4) is 0 Å². The van der Waals surface area contributed by atoms with E-state index in [1.54, 1.807) is 25.1 Å². The molecule has 0 radical (unpaired) electrons. The third kappa shape index (κ3) is 2.38. The number of hydrogen-bond donors (Lipinski definition) is 1. The predicted molar refractivity (Wildman–Crippen MR) is 76.3 cm³/mol. The van der Waals surface area contributed by atoms with Gasteiger partial charge in [-0.3, -0.25) is 4.79 Å². The molecule has 8 heteroatoms. The maximum Gasteiger partial charge on any atom is 0.341 e. The Balaban J connectivity index is 0.00000161. The number of aryl methyl sites for hydroxylation is 1. The molecule has 3 aromatic rings. The first kappa shape index (κ1) is 14.7. The Morgan fingerprint density at radius 2 is 2.14 bits per heavy atom. The molecule has 0 fully saturated rings. The fraction of sp³-hybridized carbons (Fsp3) is 0.0769. The topological polar surface area (TPSA) is 98.2 Å². The summed E-state index contributed by atoms with van der Waals surface area (Å²) in [5.74, 6) is -0.578. The van der Waals surface area contributed by atoms with Crippen LogP contribution in [0, 0.1) is 6.92 Å². The molecule has 0 aliphatic heterocycles. The molecule has 108 valence electrons. The van der Waals surface area contributed by atoms with Gasteiger partial charge in [-0.25, -0.2) is 14.3 Å². The van der Waals surface area contributed by atoms with Crippen LogP contribution in [0.15, 0.2) is 39.8 Å². The molecule has 0 atom stereocenters. The lowest BCUT2D eigenvalue weighted by atomic mass is 10.2. The highest BCUT2D eigenvalue weighted by atomic mass is 35.5. The zero-order valence-corrected chi connectivity index (χ0v) is 11.6. The highest BCUT2D eigenvalue weighted by Gasteiger charge is 2.18. The van der Waals surface area contributed by atoms with Crippen molar-refractivity contribution in [3.63, 3.8) is 0 Å². The van der Waals surface area contributed by atoms with Crippen LogP contribution in [0.5, 0.6) is 0 Å². The van der Waals surface area contributed by atoms with Crippen molar-refractivity contribution in [1.29, 1.82) is 0 Å². The smallest absolute Gasteiger partial charge is 0.341 e. The Hall–Kier alpha value is -2.67. The number of carboxylic acid groups (broad SMARTS) is 1. The standard InChI is InChI=1S/C13H9N3O4.ClH/c1-7-5-10(15-20-7)16-11-8(3-2-4-14-11)6-9(12(16)17)13(18)19;/h2-6H,1H3,(H,18,19);1H. The quantitative estimate of drug-likeness (QED) is 0.775. The van der Waals surface area contributed by atoms with Crippen LogP contribution in [0.25, 0.3) is 16.9 Å². The first-order chi connectivity index (χ1) is 9.58. The van der Waals surface area contributed by atoms with Crippen molar-refractivity contribution < 1.29 is 14.4 Å². The van der Waals surface area contributed by atoms with Crippen molar-refractivity contribution in [2.75, 3.05) is 0 Å². The molecule has 0 unspecified atom stereocenters. The van der Waals surface area contributed by atoms with E-state index in [1.165, 1.54) is 12.3 Å². The molecule has 3 rings (SSSR count). The van der Waals surface area contributed by atoms with E-state index < -0.39 is 11.5 Å². The zero-order valence-electron chi connectivity index (χ0n) is 10.8. The van der Waals surface area contributed by atoms with Gasteiger partial charge in [-0.15, -0.1) is 12.4 Å². The molecule has 7 nitrogen and oxygen atoms in total. The number of carbonyl (C=O) groups is 1. The Morgan fingerprint density at radius 1 is 1.38 bits per heavy atom. The van der Waals surface area contributed by atoms with E-state index in [1.807, 2.05) is 0 Å². The first-order valence-electron chi connectivity index (χ1n) is 5.75. The molecule has 0 aromatic carbocycles. The van der Waals surface area contributed by atoms with Crippen molar-refractivity contribution >= 4 is 29.4 Å². The second kappa shape index (κ2) is 5.37. The minimum Gasteiger partial charge on any atom is -0.477 e. The summed E-state index contributed by atoms with van der Waals surface area (Å²) in [5, 5.41) is 13.4. The van der Waals surface area contributed by atoms with Crippen LogP contribution >= 0.6 is 12.4 Å². The summed E-state index contributed by atoms with van der Waals surface area (Å²) >= 11 is 0. The van der Waals surface area contributed by atoms with Gasteiger partial charge in [0.15, 0.2) is 5.82 Å². The second-order valence-corrected chi connectivity index (χ2v) is 4.22. The average molecular weight is 308 g/mol. The number of aromatic nitrogens is 3. The van der Waals surface area contributed by atoms with E-state index in [0.717, 1.165) is 4.57 Å². The fourth-order valence-corrected chi connectivity index (χ4v) is 1.97. The Kier molecular flexibility index (Phi) is 3.77. The van der Waals surface area contributed by atoms with Gasteiger partial charge in [0.05, 0.1) is 0 Å². The summed E-state index contributed by atoms with van der Waals surface area (Å²) in [6.07, 6.45) is 1.52. The van der Waals surface area contributed by atoms with Gasteiger partial charge < -0.3 is 9.63 Å². The zero-order chi connectivity index (χ0) is 14.3. The maximum absolute atomic E-state index is 12.3. The number of halogens is 1. The van der Waals surface area contributed by atoms with Crippen LogP contribution in [0.4, 0.5) is 0 Å². The van der Waals surface area contributed by atoms with E-state index in [9.17, 15) is 9.59 Å². The normalized spacial score (nSPS) is 10.3. The van der Waals surface area contributed by atoms with Crippen molar-refractivity contribution in [1.82, 2.24) is 14.7 Å². The number of nitrogens with zero attached hydrogens (tertiary/aromatic N) is 3. The SMILES string of the molecule is Cc1cc(-n2c(=O)c(C(=O)O)cc3cccnc32)no1.Cl. The van der Waals surface area contributed by atoms with E-state index >= 15 is 0 Å². The van der Waals surface area contributed by atoms with Crippen molar-refractivity contribution in [3.8, 4) is 5.82 Å². The minimum atomic E-state index is -1.30. The van der Waals surface area contributed by atoms with Gasteiger partial charge in [-0.1, -0.05) is 5.16 Å². The summed E-state index contributed by atoms with van der Waals surface area (Å²) < 4.78 is 6.07. The molecule has 21 heavy (non-hydrogen) atoms. The van der Waals surface area contributed by atoms with Crippen LogP contribution in [-0.2, 0) is 0 Å². The van der Waals surface area contributed by atoms with Gasteiger partial charge in [0.25, 0.3) is 5.56 Å². The molecule has 3 aromatic heterocycles. The number of pyridine rings is 2. The molecule has 0 saturated carbocycles. The third-order valence-corrected chi connectivity index (χ3v) is 2.84. The molecule has 0 aliphatic carbocycles. The van der Waals surface area contributed by atoms with E-state index in [4.69, 9.17) is 9.63 Å². The molecule has 3 heterocycles. The van der Waals surface area contributed by atoms with Crippen LogP contribution in [0.1, 0.15) is 16.1 Å². The number of hydrogen-bond acceptors (Lipinski definition) is 5. The van der Waals surface area contributed by atoms with Crippen molar-refractivity contribution in [2.24, 2.45) is 0 Å². The van der Waals surface area contributed by atoms with Crippen molar-refractivity contribution in [3.05, 3.63) is 52.1 Å². The molecule has 0 bridgehead atoms. The Bertz CT molecular complexity index is 884. The van der Waals surface area contributed by atoms with Gasteiger partial charge >= 0.3 is 5.97 Å². The molecule has 0 amide bonds. The lowest BCUT2D eigenvalue weighted by molar-refractivity contribution is 0.0695. The second-order valence-electron chi connectivity index (χ2n) is 4.22. The number of carboxylic acids is 1. The molecular formula is C13H10ClN3O4. The van der Waals surface area contributed by atoms with Gasteiger partial charge in [-0.2, -0.15) is 0 Å². The lowest BCUT2D eigenvalue weighted by Gasteiger charge is -2.07. The van der Waals surface area contributed by atoms with Crippen molar-refractivity contribution in [2.45, 2.75) is 6.92 Å². The summed E-state index contributed by atoms with van der Waals surface area (Å²) in [6, 6.07) is 6.19. The molecular weight excluding hydrogens is 298 g/mol. The molecule has 0 spiro atoms. The van der Waals surface area contributed by atoms with Gasteiger partial charge in [0, 0.05) is 17.6 Å². The maximum atomic E-state index is 12.3. The monoisotopic (exact) mass is 307 g/mol. The van der Waals surface area contributed by atoms with Crippen LogP contribution in [-0.4, -0.2) is 25.8 Å². The third-order valence-electron chi connectivity index (χ3n) is 2.84. The van der Waals surface area contributed by atoms with Gasteiger partial charge in [-0.05, 0) is 25.1 Å². The van der Waals surface area contributed by atoms with E-state index in [2.05, 4.69) is 10.1 Å². The predicted octanol–water partition coefficient (Wildman–Crippen LogP) is 1.80. The summed E-state index contributed by atoms with van der Waals surface area (Å²) in [6.45, 7) is 1.68. The average Bonchev–Trinajstić information content (AvgIpc) is 2.84. The van der Waals surface area contributed by atoms with Crippen LogP contribution < -0.4 is 5.56 Å². The largest absolute Gasteiger partial charge is 0.477 e. The number of fused-ring (bicyclic) bond motifs is 1. The van der Waals surface area contributed by atoms with E-state index in [-0.39, 0.29) is 23.8 Å². The Labute approximate surface area is 124 Å². The lowest BCUT2D eigenvalue weighted by Crippen LogP contribution is -2.26. The number of aromatic carboxylic acids is 1. The minimum absolute atomic E-state index is 0. The van der Waals surface area contributed by atoms with Crippen LogP contribution in [0.2, 0.25) is 0 Å². The number of rotatable bonds is 2. The molecule has 1 N–H and O–H groups in total. The Morgan fingerprint density at radius 3 is 2.76 bits per heavy atom.